The summed E-state index contributed by atoms with van der Waals surface area (Å²) in [5.74, 6) is 0. The number of rotatable bonds is 4. The third kappa shape index (κ3) is 2.40. The number of hydrogen-bond donors (Lipinski definition) is 0. The van der Waals surface area contributed by atoms with Crippen LogP contribution in [-0.4, -0.2) is 19.1 Å². The fraction of sp³-hybridized carbons (Fsp3) is 0.500. The van der Waals surface area contributed by atoms with Gasteiger partial charge in [-0.25, -0.2) is 14.8 Å². The van der Waals surface area contributed by atoms with Gasteiger partial charge < -0.3 is 0 Å². The Morgan fingerprint density at radius 2 is 1.79 bits per heavy atom. The Labute approximate surface area is 114 Å². The van der Waals surface area contributed by atoms with Crippen LogP contribution < -0.4 is 11.2 Å². The van der Waals surface area contributed by atoms with Gasteiger partial charge >= 0.3 is 5.69 Å². The van der Waals surface area contributed by atoms with E-state index in [1.165, 1.54) is 15.3 Å². The highest BCUT2D eigenvalue weighted by Crippen LogP contribution is 2.08. The van der Waals surface area contributed by atoms with E-state index in [0.29, 0.717) is 19.5 Å². The van der Waals surface area contributed by atoms with Gasteiger partial charge in [0, 0.05) is 13.1 Å². The average Bonchev–Trinajstić information content (AvgIpc) is 2.39. The second-order valence-electron chi connectivity index (χ2n) is 4.26. The molecule has 2 rings (SSSR count). The molecule has 19 heavy (non-hydrogen) atoms. The number of hydrogen-bond acceptors (Lipinski definition) is 4. The first-order valence-electron chi connectivity index (χ1n) is 6.26. The Morgan fingerprint density at radius 3 is 2.42 bits per heavy atom. The van der Waals surface area contributed by atoms with E-state index in [0.717, 1.165) is 6.42 Å². The van der Waals surface area contributed by atoms with E-state index in [-0.39, 0.29) is 22.0 Å². The van der Waals surface area contributed by atoms with E-state index in [2.05, 4.69) is 9.97 Å². The summed E-state index contributed by atoms with van der Waals surface area (Å²) in [5, 5.41) is 0.171. The number of aryl methyl sites for hydroxylation is 1. The van der Waals surface area contributed by atoms with Crippen LogP contribution in [0.1, 0.15) is 26.7 Å². The van der Waals surface area contributed by atoms with Gasteiger partial charge in [-0.1, -0.05) is 25.4 Å². The van der Waals surface area contributed by atoms with Gasteiger partial charge in [-0.15, -0.1) is 0 Å². The first kappa shape index (κ1) is 13.7. The predicted molar refractivity (Wildman–Crippen MR) is 73.7 cm³/mol. The van der Waals surface area contributed by atoms with Crippen molar-refractivity contribution in [1.29, 1.82) is 0 Å². The van der Waals surface area contributed by atoms with E-state index in [1.54, 1.807) is 0 Å². The average molecular weight is 283 g/mol. The first-order valence-corrected chi connectivity index (χ1v) is 6.63. The van der Waals surface area contributed by atoms with Gasteiger partial charge in [0.15, 0.2) is 11.2 Å². The highest BCUT2D eigenvalue weighted by atomic mass is 35.5. The van der Waals surface area contributed by atoms with Crippen molar-refractivity contribution in [2.24, 2.45) is 0 Å². The molecule has 0 amide bonds. The number of halogens is 1. The van der Waals surface area contributed by atoms with Gasteiger partial charge in [0.25, 0.3) is 5.56 Å². The second kappa shape index (κ2) is 5.52. The van der Waals surface area contributed by atoms with Crippen LogP contribution in [-0.2, 0) is 13.1 Å². The highest BCUT2D eigenvalue weighted by molar-refractivity contribution is 6.29. The summed E-state index contributed by atoms with van der Waals surface area (Å²) in [5.41, 5.74) is -0.307. The molecular formula is C12H15ClN4O2. The molecule has 0 aliphatic carbocycles. The highest BCUT2D eigenvalue weighted by Gasteiger charge is 2.14. The van der Waals surface area contributed by atoms with Crippen LogP contribution in [0.3, 0.4) is 0 Å². The van der Waals surface area contributed by atoms with E-state index in [1.807, 2.05) is 13.8 Å². The molecule has 0 saturated heterocycles. The largest absolute Gasteiger partial charge is 0.332 e. The van der Waals surface area contributed by atoms with Crippen LogP contribution >= 0.6 is 11.6 Å². The van der Waals surface area contributed by atoms with Crippen molar-refractivity contribution in [3.8, 4) is 0 Å². The van der Waals surface area contributed by atoms with Crippen molar-refractivity contribution >= 4 is 22.8 Å². The summed E-state index contributed by atoms with van der Waals surface area (Å²) >= 11 is 5.80. The lowest BCUT2D eigenvalue weighted by Gasteiger charge is -2.11. The second-order valence-corrected chi connectivity index (χ2v) is 4.64. The van der Waals surface area contributed by atoms with Gasteiger partial charge in [0.1, 0.15) is 5.15 Å². The molecule has 2 aromatic rings. The normalized spacial score (nSPS) is 11.1. The van der Waals surface area contributed by atoms with E-state index in [9.17, 15) is 9.59 Å². The molecule has 0 spiro atoms. The molecule has 2 heterocycles. The lowest BCUT2D eigenvalue weighted by molar-refractivity contribution is 0.553. The Kier molecular flexibility index (Phi) is 3.99. The van der Waals surface area contributed by atoms with E-state index < -0.39 is 5.56 Å². The van der Waals surface area contributed by atoms with E-state index in [4.69, 9.17) is 11.6 Å². The van der Waals surface area contributed by atoms with Gasteiger partial charge in [0.2, 0.25) is 0 Å². The minimum absolute atomic E-state index is 0.171. The molecule has 0 aliphatic heterocycles. The first-order chi connectivity index (χ1) is 9.10. The molecule has 0 radical (unpaired) electrons. The molecule has 0 atom stereocenters. The van der Waals surface area contributed by atoms with Crippen LogP contribution in [0.2, 0.25) is 5.15 Å². The maximum absolute atomic E-state index is 12.3. The van der Waals surface area contributed by atoms with Crippen LogP contribution in [0.5, 0.6) is 0 Å². The molecule has 102 valence electrons. The van der Waals surface area contributed by atoms with Gasteiger partial charge in [-0.3, -0.25) is 13.9 Å². The Hall–Kier alpha value is -1.69. The zero-order valence-electron chi connectivity index (χ0n) is 10.9. The Balaban J connectivity index is 2.90. The summed E-state index contributed by atoms with van der Waals surface area (Å²) in [7, 11) is 0. The molecule has 0 saturated carbocycles. The van der Waals surface area contributed by atoms with Crippen LogP contribution in [0.4, 0.5) is 0 Å². The van der Waals surface area contributed by atoms with Crippen LogP contribution in [0.15, 0.2) is 15.8 Å². The van der Waals surface area contributed by atoms with Crippen molar-refractivity contribution in [1.82, 2.24) is 19.1 Å². The van der Waals surface area contributed by atoms with Crippen molar-refractivity contribution < 1.29 is 0 Å². The Morgan fingerprint density at radius 1 is 1.16 bits per heavy atom. The lowest BCUT2D eigenvalue weighted by Crippen LogP contribution is -2.40. The van der Waals surface area contributed by atoms with Crippen molar-refractivity contribution in [3.63, 3.8) is 0 Å². The fourth-order valence-electron chi connectivity index (χ4n) is 1.99. The molecule has 0 bridgehead atoms. The molecular weight excluding hydrogens is 268 g/mol. The van der Waals surface area contributed by atoms with Crippen molar-refractivity contribution in [3.05, 3.63) is 32.2 Å². The maximum atomic E-state index is 12.3. The molecule has 0 fully saturated rings. The van der Waals surface area contributed by atoms with Gasteiger partial charge in [-0.05, 0) is 12.8 Å². The number of fused-ring (bicyclic) bond motifs is 1. The Bertz CT molecular complexity index is 720. The fourth-order valence-corrected chi connectivity index (χ4v) is 2.12. The summed E-state index contributed by atoms with van der Waals surface area (Å²) in [6.45, 7) is 4.72. The predicted octanol–water partition coefficient (Wildman–Crippen LogP) is 1.43. The number of nitrogens with zero attached hydrogens (tertiary/aromatic N) is 4. The smallest absolute Gasteiger partial charge is 0.276 e. The zero-order valence-corrected chi connectivity index (χ0v) is 11.6. The van der Waals surface area contributed by atoms with Crippen molar-refractivity contribution in [2.75, 3.05) is 0 Å². The topological polar surface area (TPSA) is 69.8 Å². The molecule has 0 unspecified atom stereocenters. The summed E-state index contributed by atoms with van der Waals surface area (Å²) in [6, 6.07) is 0. The minimum atomic E-state index is -0.404. The van der Waals surface area contributed by atoms with E-state index >= 15 is 0 Å². The van der Waals surface area contributed by atoms with Gasteiger partial charge in [-0.2, -0.15) is 0 Å². The molecule has 0 N–H and O–H groups in total. The van der Waals surface area contributed by atoms with Gasteiger partial charge in [0.05, 0.1) is 6.20 Å². The zero-order chi connectivity index (χ0) is 14.0. The molecule has 2 aromatic heterocycles. The third-order valence-corrected chi connectivity index (χ3v) is 2.97. The van der Waals surface area contributed by atoms with Crippen molar-refractivity contribution in [2.45, 2.75) is 39.8 Å². The molecule has 0 aliphatic rings. The maximum Gasteiger partial charge on any atom is 0.332 e. The SMILES string of the molecule is CCCn1c(=O)c2ncc(Cl)nc2n(CCC)c1=O. The summed E-state index contributed by atoms with van der Waals surface area (Å²) in [6.07, 6.45) is 2.78. The third-order valence-electron chi connectivity index (χ3n) is 2.78. The minimum Gasteiger partial charge on any atom is -0.276 e. The van der Waals surface area contributed by atoms with Crippen LogP contribution in [0, 0.1) is 0 Å². The standard InChI is InChI=1S/C12H15ClN4O2/c1-3-5-16-10-9(14-7-8(13)15-10)11(18)17(6-4-2)12(16)19/h7H,3-6H2,1-2H3. The summed E-state index contributed by atoms with van der Waals surface area (Å²) in [4.78, 5) is 32.6. The summed E-state index contributed by atoms with van der Waals surface area (Å²) < 4.78 is 2.67. The lowest BCUT2D eigenvalue weighted by atomic mass is 10.4. The van der Waals surface area contributed by atoms with Crippen LogP contribution in [0.25, 0.3) is 11.2 Å². The molecule has 6 nitrogen and oxygen atoms in total. The monoisotopic (exact) mass is 282 g/mol. The number of aromatic nitrogens is 4. The molecule has 0 aromatic carbocycles. The quantitative estimate of drug-likeness (QED) is 0.850. The molecule has 7 heteroatoms.